The van der Waals surface area contributed by atoms with Crippen LogP contribution in [0.2, 0.25) is 0 Å². The molecule has 2 nitrogen and oxygen atoms in total. The van der Waals surface area contributed by atoms with Gasteiger partial charge >= 0.3 is 0 Å². The minimum Gasteiger partial charge on any atom is -0.313 e. The summed E-state index contributed by atoms with van der Waals surface area (Å²) < 4.78 is 0. The van der Waals surface area contributed by atoms with Crippen molar-refractivity contribution in [1.82, 2.24) is 10.2 Å². The molecule has 2 rings (SSSR count). The van der Waals surface area contributed by atoms with Gasteiger partial charge in [0, 0.05) is 18.6 Å². The van der Waals surface area contributed by atoms with Crippen LogP contribution in [0.3, 0.4) is 0 Å². The summed E-state index contributed by atoms with van der Waals surface area (Å²) in [7, 11) is 2.25. The van der Waals surface area contributed by atoms with E-state index in [1.54, 1.807) is 0 Å². The molecule has 1 aliphatic heterocycles. The van der Waals surface area contributed by atoms with E-state index >= 15 is 0 Å². The Morgan fingerprint density at radius 1 is 1.19 bits per heavy atom. The maximum Gasteiger partial charge on any atom is 0.0317 e. The van der Waals surface area contributed by atoms with E-state index in [4.69, 9.17) is 0 Å². The zero-order valence-corrected chi connectivity index (χ0v) is 14.4. The number of hydrogen-bond donors (Lipinski definition) is 1. The van der Waals surface area contributed by atoms with Crippen LogP contribution >= 0.6 is 0 Å². The van der Waals surface area contributed by atoms with Gasteiger partial charge in [-0.3, -0.25) is 4.90 Å². The SMILES string of the molecule is CC(c1ccc(C(C)(C)C)cc1)N(C)CC1CCCCN1. The molecule has 21 heavy (non-hydrogen) atoms. The maximum atomic E-state index is 3.64. The Bertz CT molecular complexity index is 424. The van der Waals surface area contributed by atoms with Crippen molar-refractivity contribution in [2.75, 3.05) is 20.1 Å². The van der Waals surface area contributed by atoms with E-state index in [0.717, 1.165) is 6.54 Å². The summed E-state index contributed by atoms with van der Waals surface area (Å²) in [6.45, 7) is 11.5. The van der Waals surface area contributed by atoms with Crippen LogP contribution in [0.25, 0.3) is 0 Å². The lowest BCUT2D eigenvalue weighted by Gasteiger charge is -2.32. The molecule has 1 fully saturated rings. The van der Waals surface area contributed by atoms with Crippen molar-refractivity contribution in [2.24, 2.45) is 0 Å². The first-order valence-corrected chi connectivity index (χ1v) is 8.42. The number of likely N-dealkylation sites (N-methyl/N-ethyl adjacent to an activating group) is 1. The van der Waals surface area contributed by atoms with Crippen molar-refractivity contribution in [2.45, 2.75) is 64.5 Å². The lowest BCUT2D eigenvalue weighted by Crippen LogP contribution is -2.43. The molecule has 1 aromatic carbocycles. The zero-order valence-electron chi connectivity index (χ0n) is 14.4. The van der Waals surface area contributed by atoms with Crippen LogP contribution in [0.4, 0.5) is 0 Å². The van der Waals surface area contributed by atoms with E-state index in [1.165, 1.54) is 36.9 Å². The molecule has 1 aromatic rings. The van der Waals surface area contributed by atoms with Crippen LogP contribution in [-0.2, 0) is 5.41 Å². The van der Waals surface area contributed by atoms with Gasteiger partial charge in [0.2, 0.25) is 0 Å². The molecule has 1 N–H and O–H groups in total. The topological polar surface area (TPSA) is 15.3 Å². The lowest BCUT2D eigenvalue weighted by atomic mass is 9.86. The van der Waals surface area contributed by atoms with Crippen molar-refractivity contribution in [1.29, 1.82) is 0 Å². The first-order valence-electron chi connectivity index (χ1n) is 8.42. The highest BCUT2D eigenvalue weighted by Crippen LogP contribution is 2.26. The van der Waals surface area contributed by atoms with Crippen LogP contribution in [0.1, 0.15) is 64.1 Å². The van der Waals surface area contributed by atoms with Crippen molar-refractivity contribution >= 4 is 0 Å². The Kier molecular flexibility index (Phi) is 5.45. The van der Waals surface area contributed by atoms with E-state index in [1.807, 2.05) is 0 Å². The van der Waals surface area contributed by atoms with Gasteiger partial charge in [0.1, 0.15) is 0 Å². The Hall–Kier alpha value is -0.860. The average molecular weight is 288 g/mol. The third-order valence-corrected chi connectivity index (χ3v) is 4.84. The first-order chi connectivity index (χ1) is 9.88. The van der Waals surface area contributed by atoms with E-state index in [0.29, 0.717) is 12.1 Å². The second-order valence-corrected chi connectivity index (χ2v) is 7.63. The van der Waals surface area contributed by atoms with Gasteiger partial charge in [-0.1, -0.05) is 51.5 Å². The summed E-state index contributed by atoms with van der Waals surface area (Å²) >= 11 is 0. The highest BCUT2D eigenvalue weighted by atomic mass is 15.1. The third-order valence-electron chi connectivity index (χ3n) is 4.84. The second kappa shape index (κ2) is 6.93. The zero-order chi connectivity index (χ0) is 15.5. The van der Waals surface area contributed by atoms with Crippen LogP contribution in [0.5, 0.6) is 0 Å². The Labute approximate surface area is 130 Å². The van der Waals surface area contributed by atoms with Crippen LogP contribution in [0.15, 0.2) is 24.3 Å². The third kappa shape index (κ3) is 4.55. The van der Waals surface area contributed by atoms with Crippen molar-refractivity contribution in [3.63, 3.8) is 0 Å². The highest BCUT2D eigenvalue weighted by molar-refractivity contribution is 5.29. The van der Waals surface area contributed by atoms with Gasteiger partial charge in [0.05, 0.1) is 0 Å². The molecule has 0 aromatic heterocycles. The Balaban J connectivity index is 1.96. The van der Waals surface area contributed by atoms with Crippen LogP contribution in [0, 0.1) is 0 Å². The van der Waals surface area contributed by atoms with Gasteiger partial charge in [0.25, 0.3) is 0 Å². The fraction of sp³-hybridized carbons (Fsp3) is 0.684. The van der Waals surface area contributed by atoms with Crippen molar-refractivity contribution in [3.8, 4) is 0 Å². The van der Waals surface area contributed by atoms with E-state index in [-0.39, 0.29) is 5.41 Å². The molecule has 0 spiro atoms. The molecule has 0 saturated carbocycles. The molecule has 2 heteroatoms. The molecule has 118 valence electrons. The number of nitrogens with one attached hydrogen (secondary N) is 1. The molecule has 1 heterocycles. The summed E-state index contributed by atoms with van der Waals surface area (Å²) in [5.74, 6) is 0. The molecule has 2 atom stereocenters. The molecule has 1 saturated heterocycles. The number of piperidine rings is 1. The fourth-order valence-electron chi connectivity index (χ4n) is 3.10. The van der Waals surface area contributed by atoms with Crippen molar-refractivity contribution in [3.05, 3.63) is 35.4 Å². The summed E-state index contributed by atoms with van der Waals surface area (Å²) in [6, 6.07) is 10.3. The first kappa shape index (κ1) is 16.5. The predicted molar refractivity (Wildman–Crippen MR) is 91.8 cm³/mol. The largest absolute Gasteiger partial charge is 0.313 e. The van der Waals surface area contributed by atoms with Crippen LogP contribution in [-0.4, -0.2) is 31.1 Å². The molecule has 0 radical (unpaired) electrons. The summed E-state index contributed by atoms with van der Waals surface area (Å²) in [6.07, 6.45) is 4.03. The van der Waals surface area contributed by atoms with E-state index < -0.39 is 0 Å². The van der Waals surface area contributed by atoms with Gasteiger partial charge < -0.3 is 5.32 Å². The minimum atomic E-state index is 0.236. The van der Waals surface area contributed by atoms with Crippen molar-refractivity contribution < 1.29 is 0 Å². The smallest absolute Gasteiger partial charge is 0.0317 e. The maximum absolute atomic E-state index is 3.64. The fourth-order valence-corrected chi connectivity index (χ4v) is 3.10. The molecular weight excluding hydrogens is 256 g/mol. The van der Waals surface area contributed by atoms with Gasteiger partial charge in [-0.25, -0.2) is 0 Å². The number of rotatable bonds is 4. The summed E-state index contributed by atoms with van der Waals surface area (Å²) in [5, 5.41) is 3.64. The number of benzene rings is 1. The van der Waals surface area contributed by atoms with Gasteiger partial charge in [-0.05, 0) is 49.9 Å². The quantitative estimate of drug-likeness (QED) is 0.896. The molecule has 0 bridgehead atoms. The highest BCUT2D eigenvalue weighted by Gasteiger charge is 2.19. The molecule has 0 aliphatic carbocycles. The van der Waals surface area contributed by atoms with E-state index in [9.17, 15) is 0 Å². The summed E-state index contributed by atoms with van der Waals surface area (Å²) in [4.78, 5) is 2.48. The number of hydrogen-bond acceptors (Lipinski definition) is 2. The molecule has 0 amide bonds. The monoisotopic (exact) mass is 288 g/mol. The van der Waals surface area contributed by atoms with E-state index in [2.05, 4.69) is 69.2 Å². The van der Waals surface area contributed by atoms with Gasteiger partial charge in [-0.2, -0.15) is 0 Å². The summed E-state index contributed by atoms with van der Waals surface area (Å²) in [5.41, 5.74) is 3.07. The molecule has 1 aliphatic rings. The Morgan fingerprint density at radius 3 is 2.38 bits per heavy atom. The predicted octanol–water partition coefficient (Wildman–Crippen LogP) is 4.12. The molecular formula is C19H32N2. The molecule has 2 unspecified atom stereocenters. The lowest BCUT2D eigenvalue weighted by molar-refractivity contribution is 0.214. The number of nitrogens with zero attached hydrogens (tertiary/aromatic N) is 1. The van der Waals surface area contributed by atoms with Gasteiger partial charge in [0.15, 0.2) is 0 Å². The Morgan fingerprint density at radius 2 is 1.86 bits per heavy atom. The second-order valence-electron chi connectivity index (χ2n) is 7.63. The van der Waals surface area contributed by atoms with Crippen LogP contribution < -0.4 is 5.32 Å². The standard InChI is InChI=1S/C19H32N2/c1-15(21(5)14-18-8-6-7-13-20-18)16-9-11-17(12-10-16)19(2,3)4/h9-12,15,18,20H,6-8,13-14H2,1-5H3. The average Bonchev–Trinajstić information content (AvgIpc) is 2.46. The minimum absolute atomic E-state index is 0.236. The normalized spacial score (nSPS) is 21.5. The van der Waals surface area contributed by atoms with Gasteiger partial charge in [-0.15, -0.1) is 0 Å².